The molecule has 0 spiro atoms. The molecule has 0 bridgehead atoms. The van der Waals surface area contributed by atoms with Crippen molar-refractivity contribution in [1.29, 1.82) is 0 Å². The molecule has 5 heteroatoms. The van der Waals surface area contributed by atoms with Crippen LogP contribution in [0.3, 0.4) is 0 Å². The Morgan fingerprint density at radius 3 is 2.67 bits per heavy atom. The molecule has 18 heavy (non-hydrogen) atoms. The lowest BCUT2D eigenvalue weighted by Crippen LogP contribution is -2.29. The van der Waals surface area contributed by atoms with Crippen LogP contribution < -0.4 is 4.90 Å². The summed E-state index contributed by atoms with van der Waals surface area (Å²) in [6, 6.07) is 8.11. The number of hydrogen-bond donors (Lipinski definition) is 0. The maximum atomic E-state index is 11.8. The van der Waals surface area contributed by atoms with E-state index in [0.717, 1.165) is 24.1 Å². The fourth-order valence-corrected chi connectivity index (χ4v) is 3.63. The van der Waals surface area contributed by atoms with Gasteiger partial charge in [-0.05, 0) is 30.5 Å². The lowest BCUT2D eigenvalue weighted by Gasteiger charge is -2.23. The molecule has 0 unspecified atom stereocenters. The van der Waals surface area contributed by atoms with Gasteiger partial charge in [-0.2, -0.15) is 4.31 Å². The fourth-order valence-electron chi connectivity index (χ4n) is 2.48. The monoisotopic (exact) mass is 268 g/mol. The molecule has 0 N–H and O–H groups in total. The fraction of sp³-hybridized carbons (Fsp3) is 0.538. The second-order valence-electron chi connectivity index (χ2n) is 5.02. The molecular formula is C13H20N2O2S. The SMILES string of the molecule is CN(C)c1cccc([C@H]2CCCN2S(C)(=O)=O)c1. The van der Waals surface area contributed by atoms with Crippen LogP contribution in [-0.4, -0.2) is 39.6 Å². The minimum atomic E-state index is -3.11. The molecule has 0 aromatic heterocycles. The summed E-state index contributed by atoms with van der Waals surface area (Å²) in [6.45, 7) is 0.635. The number of sulfonamides is 1. The highest BCUT2D eigenvalue weighted by molar-refractivity contribution is 7.88. The number of nitrogens with zero attached hydrogens (tertiary/aromatic N) is 2. The summed E-state index contributed by atoms with van der Waals surface area (Å²) in [5, 5.41) is 0. The first kappa shape index (κ1) is 13.4. The van der Waals surface area contributed by atoms with Gasteiger partial charge in [-0.25, -0.2) is 8.42 Å². The quantitative estimate of drug-likeness (QED) is 0.840. The second kappa shape index (κ2) is 4.90. The number of hydrogen-bond acceptors (Lipinski definition) is 3. The lowest BCUT2D eigenvalue weighted by molar-refractivity contribution is 0.400. The smallest absolute Gasteiger partial charge is 0.211 e. The Morgan fingerprint density at radius 2 is 2.06 bits per heavy atom. The van der Waals surface area contributed by atoms with Crippen molar-refractivity contribution in [3.63, 3.8) is 0 Å². The van der Waals surface area contributed by atoms with Gasteiger partial charge in [0, 0.05) is 32.4 Å². The van der Waals surface area contributed by atoms with Crippen LogP contribution >= 0.6 is 0 Å². The molecule has 4 nitrogen and oxygen atoms in total. The molecule has 2 rings (SSSR count). The van der Waals surface area contributed by atoms with Gasteiger partial charge in [0.15, 0.2) is 0 Å². The van der Waals surface area contributed by atoms with Crippen LogP contribution in [0.25, 0.3) is 0 Å². The molecule has 1 aromatic carbocycles. The Hall–Kier alpha value is -1.07. The minimum absolute atomic E-state index is 0.0000926. The van der Waals surface area contributed by atoms with Gasteiger partial charge in [0.2, 0.25) is 10.0 Å². The summed E-state index contributed by atoms with van der Waals surface area (Å²) < 4.78 is 25.1. The molecule has 1 heterocycles. The molecule has 1 aliphatic rings. The molecule has 100 valence electrons. The summed E-state index contributed by atoms with van der Waals surface area (Å²) in [7, 11) is 0.863. The van der Waals surface area contributed by atoms with E-state index < -0.39 is 10.0 Å². The van der Waals surface area contributed by atoms with Gasteiger partial charge in [-0.3, -0.25) is 0 Å². The third-order valence-corrected chi connectivity index (χ3v) is 4.69. The zero-order chi connectivity index (χ0) is 13.3. The van der Waals surface area contributed by atoms with Gasteiger partial charge < -0.3 is 4.90 Å². The van der Waals surface area contributed by atoms with Crippen LogP contribution in [-0.2, 0) is 10.0 Å². The van der Waals surface area contributed by atoms with E-state index >= 15 is 0 Å². The molecular weight excluding hydrogens is 248 g/mol. The van der Waals surface area contributed by atoms with Crippen molar-refractivity contribution >= 4 is 15.7 Å². The Balaban J connectivity index is 2.33. The zero-order valence-electron chi connectivity index (χ0n) is 11.1. The molecule has 1 saturated heterocycles. The average molecular weight is 268 g/mol. The highest BCUT2D eigenvalue weighted by Crippen LogP contribution is 2.34. The van der Waals surface area contributed by atoms with Gasteiger partial charge in [0.05, 0.1) is 6.26 Å². The van der Waals surface area contributed by atoms with Gasteiger partial charge in [0.1, 0.15) is 0 Å². The van der Waals surface area contributed by atoms with E-state index in [1.807, 2.05) is 37.2 Å². The average Bonchev–Trinajstić information content (AvgIpc) is 2.77. The number of anilines is 1. The van der Waals surface area contributed by atoms with Crippen molar-refractivity contribution in [2.24, 2.45) is 0 Å². The summed E-state index contributed by atoms with van der Waals surface area (Å²) in [6.07, 6.45) is 3.13. The maximum Gasteiger partial charge on any atom is 0.211 e. The number of benzene rings is 1. The molecule has 1 aromatic rings. The molecule has 0 saturated carbocycles. The number of rotatable bonds is 3. The zero-order valence-corrected chi connectivity index (χ0v) is 11.9. The Labute approximate surface area is 109 Å². The summed E-state index contributed by atoms with van der Waals surface area (Å²) in [4.78, 5) is 2.03. The Bertz CT molecular complexity index is 526. The van der Waals surface area contributed by atoms with E-state index in [9.17, 15) is 8.42 Å². The van der Waals surface area contributed by atoms with E-state index in [-0.39, 0.29) is 6.04 Å². The van der Waals surface area contributed by atoms with E-state index in [0.29, 0.717) is 6.54 Å². The molecule has 1 fully saturated rings. The van der Waals surface area contributed by atoms with Crippen molar-refractivity contribution in [1.82, 2.24) is 4.31 Å². The summed E-state index contributed by atoms with van der Waals surface area (Å²) in [5.41, 5.74) is 2.19. The predicted octanol–water partition coefficient (Wildman–Crippen LogP) is 1.85. The van der Waals surface area contributed by atoms with Crippen LogP contribution in [0.15, 0.2) is 24.3 Å². The van der Waals surface area contributed by atoms with Gasteiger partial charge in [-0.15, -0.1) is 0 Å². The standard InChI is InChI=1S/C13H20N2O2S/c1-14(2)12-7-4-6-11(10-12)13-8-5-9-15(13)18(3,16)17/h4,6-7,10,13H,5,8-9H2,1-3H3/t13-/m1/s1. The van der Waals surface area contributed by atoms with Crippen molar-refractivity contribution in [3.8, 4) is 0 Å². The van der Waals surface area contributed by atoms with Crippen LogP contribution in [0, 0.1) is 0 Å². The second-order valence-corrected chi connectivity index (χ2v) is 6.96. The van der Waals surface area contributed by atoms with E-state index in [4.69, 9.17) is 0 Å². The van der Waals surface area contributed by atoms with E-state index in [1.165, 1.54) is 6.26 Å². The first-order chi connectivity index (χ1) is 8.39. The van der Waals surface area contributed by atoms with Crippen LogP contribution in [0.1, 0.15) is 24.4 Å². The van der Waals surface area contributed by atoms with Gasteiger partial charge in [0.25, 0.3) is 0 Å². The first-order valence-corrected chi connectivity index (χ1v) is 7.98. The van der Waals surface area contributed by atoms with Crippen LogP contribution in [0.2, 0.25) is 0 Å². The van der Waals surface area contributed by atoms with Crippen molar-refractivity contribution in [3.05, 3.63) is 29.8 Å². The molecule has 1 atom stereocenters. The minimum Gasteiger partial charge on any atom is -0.378 e. The highest BCUT2D eigenvalue weighted by atomic mass is 32.2. The predicted molar refractivity (Wildman–Crippen MR) is 74.3 cm³/mol. The van der Waals surface area contributed by atoms with Crippen LogP contribution in [0.5, 0.6) is 0 Å². The van der Waals surface area contributed by atoms with E-state index in [2.05, 4.69) is 6.07 Å². The topological polar surface area (TPSA) is 40.6 Å². The van der Waals surface area contributed by atoms with Crippen LogP contribution in [0.4, 0.5) is 5.69 Å². The van der Waals surface area contributed by atoms with Crippen molar-refractivity contribution in [2.45, 2.75) is 18.9 Å². The largest absolute Gasteiger partial charge is 0.378 e. The summed E-state index contributed by atoms with van der Waals surface area (Å²) >= 11 is 0. The van der Waals surface area contributed by atoms with E-state index in [1.54, 1.807) is 4.31 Å². The van der Waals surface area contributed by atoms with Crippen molar-refractivity contribution < 1.29 is 8.42 Å². The van der Waals surface area contributed by atoms with Crippen molar-refractivity contribution in [2.75, 3.05) is 31.8 Å². The molecule has 0 amide bonds. The third-order valence-electron chi connectivity index (χ3n) is 3.40. The Kier molecular flexibility index (Phi) is 3.64. The maximum absolute atomic E-state index is 11.8. The summed E-state index contributed by atoms with van der Waals surface area (Å²) in [5.74, 6) is 0. The lowest BCUT2D eigenvalue weighted by atomic mass is 10.0. The molecule has 0 radical (unpaired) electrons. The third kappa shape index (κ3) is 2.67. The first-order valence-electron chi connectivity index (χ1n) is 6.13. The molecule has 0 aliphatic carbocycles. The van der Waals surface area contributed by atoms with Gasteiger partial charge in [-0.1, -0.05) is 12.1 Å². The normalized spacial score (nSPS) is 21.2. The molecule has 1 aliphatic heterocycles. The van der Waals surface area contributed by atoms with Gasteiger partial charge >= 0.3 is 0 Å². The highest BCUT2D eigenvalue weighted by Gasteiger charge is 2.32. The Morgan fingerprint density at radius 1 is 1.33 bits per heavy atom.